The van der Waals surface area contributed by atoms with Crippen LogP contribution in [-0.2, 0) is 0 Å². The van der Waals surface area contributed by atoms with Crippen LogP contribution in [0.4, 0.5) is 0 Å². The molecule has 0 heterocycles. The molecule has 0 atom stereocenters. The van der Waals surface area contributed by atoms with Gasteiger partial charge in [-0.15, -0.1) is 0 Å². The molecule has 0 saturated carbocycles. The van der Waals surface area contributed by atoms with E-state index in [4.69, 9.17) is 5.14 Å². The quantitative estimate of drug-likeness (QED) is 0.477. The summed E-state index contributed by atoms with van der Waals surface area (Å²) in [4.78, 5) is 1.08. The minimum absolute atomic E-state index is 1.08. The van der Waals surface area contributed by atoms with E-state index in [2.05, 4.69) is 6.58 Å². The van der Waals surface area contributed by atoms with E-state index < -0.39 is 0 Å². The first kappa shape index (κ1) is 11.6. The number of nitrogens with two attached hydrogens (primary N) is 1. The number of rotatable bonds is 2. The summed E-state index contributed by atoms with van der Waals surface area (Å²) in [6.07, 6.45) is 3.58. The Balaban J connectivity index is 0. The molecule has 9 heavy (non-hydrogen) atoms. The molecule has 0 fully saturated rings. The van der Waals surface area contributed by atoms with Gasteiger partial charge in [-0.1, -0.05) is 44.5 Å². The van der Waals surface area contributed by atoms with Gasteiger partial charge in [0.1, 0.15) is 0 Å². The molecule has 0 aromatic carbocycles. The second kappa shape index (κ2) is 10.7. The highest BCUT2D eigenvalue weighted by molar-refractivity contribution is 8.00. The van der Waals surface area contributed by atoms with Crippen LogP contribution in [0, 0.1) is 0 Å². The van der Waals surface area contributed by atoms with Crippen molar-refractivity contribution in [3.05, 3.63) is 23.6 Å². The fourth-order valence-corrected chi connectivity index (χ4v) is 0.380. The van der Waals surface area contributed by atoms with E-state index >= 15 is 0 Å². The Morgan fingerprint density at radius 2 is 2.00 bits per heavy atom. The van der Waals surface area contributed by atoms with Gasteiger partial charge in [0.25, 0.3) is 0 Å². The number of allylic oxidation sites excluding steroid dienone is 3. The van der Waals surface area contributed by atoms with Crippen molar-refractivity contribution in [2.75, 3.05) is 0 Å². The van der Waals surface area contributed by atoms with E-state index in [9.17, 15) is 0 Å². The third-order valence-electron chi connectivity index (χ3n) is 0.538. The molecule has 0 aromatic heterocycles. The van der Waals surface area contributed by atoms with Crippen molar-refractivity contribution in [2.45, 2.75) is 20.8 Å². The predicted molar refractivity (Wildman–Crippen MR) is 47.1 cm³/mol. The van der Waals surface area contributed by atoms with Gasteiger partial charge in [-0.3, -0.25) is 5.14 Å². The average Bonchev–Trinajstić information content (AvgIpc) is 1.93. The standard InChI is InChI=1S/C5H9NS.C2H6/c1-3-4-5(2)7-6;1-2/h3-4H,1,6H2,2H3;1-2H3/b5-4-;. The third kappa shape index (κ3) is 11.4. The topological polar surface area (TPSA) is 26.0 Å². The maximum Gasteiger partial charge on any atom is -0.00302 e. The van der Waals surface area contributed by atoms with Crippen molar-refractivity contribution in [1.82, 2.24) is 0 Å². The molecule has 0 saturated heterocycles. The summed E-state index contributed by atoms with van der Waals surface area (Å²) in [5, 5.41) is 5.16. The average molecular weight is 145 g/mol. The van der Waals surface area contributed by atoms with Crippen molar-refractivity contribution >= 4 is 11.9 Å². The SMILES string of the molecule is C=C/C=C(/C)SN.CC. The van der Waals surface area contributed by atoms with E-state index in [0.717, 1.165) is 4.91 Å². The number of hydrogen-bond donors (Lipinski definition) is 1. The monoisotopic (exact) mass is 145 g/mol. The van der Waals surface area contributed by atoms with Crippen molar-refractivity contribution in [3.8, 4) is 0 Å². The Labute approximate surface area is 62.2 Å². The molecule has 54 valence electrons. The summed E-state index contributed by atoms with van der Waals surface area (Å²) in [5.41, 5.74) is 0. The van der Waals surface area contributed by atoms with Crippen LogP contribution in [0.1, 0.15) is 20.8 Å². The van der Waals surface area contributed by atoms with E-state index in [-0.39, 0.29) is 0 Å². The van der Waals surface area contributed by atoms with Gasteiger partial charge in [0.2, 0.25) is 0 Å². The lowest BCUT2D eigenvalue weighted by Crippen LogP contribution is -1.74. The molecule has 0 aliphatic carbocycles. The number of hydrogen-bond acceptors (Lipinski definition) is 2. The van der Waals surface area contributed by atoms with Gasteiger partial charge in [0.05, 0.1) is 0 Å². The highest BCUT2D eigenvalue weighted by Crippen LogP contribution is 2.03. The summed E-state index contributed by atoms with van der Waals surface area (Å²) >= 11 is 1.24. The first-order valence-corrected chi connectivity index (χ1v) is 3.85. The zero-order valence-electron chi connectivity index (χ0n) is 6.35. The largest absolute Gasteiger partial charge is 0.274 e. The molecule has 0 aromatic rings. The molecular weight excluding hydrogens is 130 g/mol. The second-order valence-corrected chi connectivity index (χ2v) is 2.01. The first-order valence-electron chi connectivity index (χ1n) is 2.97. The van der Waals surface area contributed by atoms with E-state index in [1.165, 1.54) is 11.9 Å². The van der Waals surface area contributed by atoms with Gasteiger partial charge in [-0.25, -0.2) is 0 Å². The third-order valence-corrected chi connectivity index (χ3v) is 1.05. The molecule has 0 spiro atoms. The van der Waals surface area contributed by atoms with Gasteiger partial charge in [0, 0.05) is 0 Å². The molecular formula is C7H15NS. The Morgan fingerprint density at radius 1 is 1.56 bits per heavy atom. The Kier molecular flexibility index (Phi) is 13.8. The smallest absolute Gasteiger partial charge is 0.00302 e. The lowest BCUT2D eigenvalue weighted by molar-refractivity contribution is 1.50. The van der Waals surface area contributed by atoms with Crippen molar-refractivity contribution in [1.29, 1.82) is 0 Å². The zero-order valence-corrected chi connectivity index (χ0v) is 7.16. The van der Waals surface area contributed by atoms with Gasteiger partial charge in [-0.05, 0) is 11.8 Å². The molecule has 0 unspecified atom stereocenters. The van der Waals surface area contributed by atoms with Crippen LogP contribution in [0.15, 0.2) is 23.6 Å². The Morgan fingerprint density at radius 3 is 2.11 bits per heavy atom. The van der Waals surface area contributed by atoms with Crippen LogP contribution in [0.2, 0.25) is 0 Å². The first-order chi connectivity index (χ1) is 4.31. The molecule has 1 nitrogen and oxygen atoms in total. The van der Waals surface area contributed by atoms with E-state index in [1.807, 2.05) is 26.8 Å². The lowest BCUT2D eigenvalue weighted by atomic mass is 10.5. The summed E-state index contributed by atoms with van der Waals surface area (Å²) in [6.45, 7) is 9.44. The lowest BCUT2D eigenvalue weighted by Gasteiger charge is -1.85. The molecule has 0 rings (SSSR count). The minimum atomic E-state index is 1.08. The van der Waals surface area contributed by atoms with Crippen LogP contribution >= 0.6 is 11.9 Å². The summed E-state index contributed by atoms with van der Waals surface area (Å²) in [6, 6.07) is 0. The van der Waals surface area contributed by atoms with Gasteiger partial charge in [0.15, 0.2) is 0 Å². The fourth-order valence-electron chi connectivity index (χ4n) is 0.205. The van der Waals surface area contributed by atoms with Crippen LogP contribution in [-0.4, -0.2) is 0 Å². The fraction of sp³-hybridized carbons (Fsp3) is 0.429. The Bertz CT molecular complexity index is 86.9. The molecule has 0 aliphatic rings. The molecule has 2 N–H and O–H groups in total. The van der Waals surface area contributed by atoms with Crippen LogP contribution < -0.4 is 5.14 Å². The predicted octanol–water partition coefficient (Wildman–Crippen LogP) is 2.71. The second-order valence-electron chi connectivity index (χ2n) is 1.13. The highest BCUT2D eigenvalue weighted by atomic mass is 32.2. The van der Waals surface area contributed by atoms with Crippen molar-refractivity contribution in [3.63, 3.8) is 0 Å². The van der Waals surface area contributed by atoms with Crippen molar-refractivity contribution < 1.29 is 0 Å². The van der Waals surface area contributed by atoms with Crippen molar-refractivity contribution in [2.24, 2.45) is 5.14 Å². The zero-order chi connectivity index (χ0) is 7.70. The van der Waals surface area contributed by atoms with Crippen LogP contribution in [0.5, 0.6) is 0 Å². The van der Waals surface area contributed by atoms with Crippen LogP contribution in [0.3, 0.4) is 0 Å². The highest BCUT2D eigenvalue weighted by Gasteiger charge is 1.75. The van der Waals surface area contributed by atoms with Gasteiger partial charge in [-0.2, -0.15) is 0 Å². The maximum absolute atomic E-state index is 5.16. The molecule has 0 radical (unpaired) electrons. The Hall–Kier alpha value is -0.210. The summed E-state index contributed by atoms with van der Waals surface area (Å²) in [5.74, 6) is 0. The maximum atomic E-state index is 5.16. The van der Waals surface area contributed by atoms with Gasteiger partial charge >= 0.3 is 0 Å². The van der Waals surface area contributed by atoms with Crippen LogP contribution in [0.25, 0.3) is 0 Å². The van der Waals surface area contributed by atoms with E-state index in [0.29, 0.717) is 0 Å². The van der Waals surface area contributed by atoms with Gasteiger partial charge < -0.3 is 0 Å². The summed E-state index contributed by atoms with van der Waals surface area (Å²) in [7, 11) is 0. The normalized spacial score (nSPS) is 9.56. The minimum Gasteiger partial charge on any atom is -0.274 e. The summed E-state index contributed by atoms with van der Waals surface area (Å²) < 4.78 is 0. The molecule has 0 aliphatic heterocycles. The molecule has 0 bridgehead atoms. The molecule has 0 amide bonds. The van der Waals surface area contributed by atoms with E-state index in [1.54, 1.807) is 6.08 Å². The molecule has 2 heteroatoms.